The van der Waals surface area contributed by atoms with Crippen LogP contribution < -0.4 is 0 Å². The number of hydrogen-bond donors (Lipinski definition) is 0. The van der Waals surface area contributed by atoms with Crippen LogP contribution in [-0.4, -0.2) is 12.1 Å². The van der Waals surface area contributed by atoms with Crippen LogP contribution in [0.25, 0.3) is 0 Å². The van der Waals surface area contributed by atoms with Crippen molar-refractivity contribution in [1.29, 1.82) is 0 Å². The zero-order valence-corrected chi connectivity index (χ0v) is 54.2. The summed E-state index contributed by atoms with van der Waals surface area (Å²) >= 11 is 5.19. The molecule has 0 spiro atoms. The zero-order chi connectivity index (χ0) is 59.8. The fourth-order valence-corrected chi connectivity index (χ4v) is 6.04. The minimum Gasteiger partial charge on any atom is -0.239 e. The van der Waals surface area contributed by atoms with Crippen molar-refractivity contribution in [3.8, 4) is 0 Å². The van der Waals surface area contributed by atoms with Gasteiger partial charge in [-0.1, -0.05) is 307 Å². The zero-order valence-electron chi connectivity index (χ0n) is 53.5. The van der Waals surface area contributed by atoms with Crippen LogP contribution in [0, 0.1) is 40.9 Å². The predicted octanol–water partition coefficient (Wildman–Crippen LogP) is 26.5. The molecular weight excluding hydrogens is 971 g/mol. The Balaban J connectivity index is -0.000000184. The summed E-state index contributed by atoms with van der Waals surface area (Å²) in [6.07, 6.45) is 42.9. The van der Waals surface area contributed by atoms with Gasteiger partial charge in [-0.2, -0.15) is 0 Å². The van der Waals surface area contributed by atoms with E-state index in [2.05, 4.69) is 229 Å². The minimum atomic E-state index is -2.41. The van der Waals surface area contributed by atoms with Crippen LogP contribution in [0.3, 0.4) is 0 Å². The number of aryl methyl sites for hydroxylation is 1. The lowest BCUT2D eigenvalue weighted by Gasteiger charge is -2.24. The maximum atomic E-state index is 13.0. The van der Waals surface area contributed by atoms with E-state index in [4.69, 9.17) is 11.6 Å². The fraction of sp³-hybridized carbons (Fsp3) is 0.686. The summed E-state index contributed by atoms with van der Waals surface area (Å²) in [6, 6.07) is 10.6. The molecule has 1 aromatic rings. The molecule has 0 aliphatic heterocycles. The Bertz CT molecular complexity index is 1590. The first-order valence-electron chi connectivity index (χ1n) is 30.4. The molecule has 6 heteroatoms. The molecule has 5 unspecified atom stereocenters. The number of halogens is 6. The summed E-state index contributed by atoms with van der Waals surface area (Å²) in [4.78, 5) is 0. The molecule has 76 heavy (non-hydrogen) atoms. The molecular formula is C70H124ClF5. The number of rotatable bonds is 12. The lowest BCUT2D eigenvalue weighted by atomic mass is 9.81. The monoisotopic (exact) mass is 1090 g/mol. The Labute approximate surface area is 476 Å². The topological polar surface area (TPSA) is 0 Å². The molecule has 4 aliphatic carbocycles. The highest BCUT2D eigenvalue weighted by molar-refractivity contribution is 6.17. The number of unbranched alkanes of at least 4 members (excludes halogenated alkanes) is 2. The largest absolute Gasteiger partial charge is 0.239 e. The van der Waals surface area contributed by atoms with Crippen molar-refractivity contribution >= 4 is 11.6 Å². The highest BCUT2D eigenvalue weighted by Crippen LogP contribution is 2.41. The van der Waals surface area contributed by atoms with Crippen molar-refractivity contribution in [3.63, 3.8) is 0 Å². The number of benzene rings is 1. The molecule has 0 nitrogen and oxygen atoms in total. The van der Waals surface area contributed by atoms with Crippen molar-refractivity contribution in [1.82, 2.24) is 0 Å². The summed E-state index contributed by atoms with van der Waals surface area (Å²) < 4.78 is 63.7. The van der Waals surface area contributed by atoms with Crippen LogP contribution in [-0.2, 0) is 6.42 Å². The Morgan fingerprint density at radius 3 is 1.26 bits per heavy atom. The second kappa shape index (κ2) is 61.3. The summed E-state index contributed by atoms with van der Waals surface area (Å²) in [7, 11) is 0. The van der Waals surface area contributed by atoms with Crippen molar-refractivity contribution in [2.45, 2.75) is 267 Å². The van der Waals surface area contributed by atoms with Gasteiger partial charge in [-0.25, -0.2) is 22.0 Å². The highest BCUT2D eigenvalue weighted by atomic mass is 35.5. The van der Waals surface area contributed by atoms with Crippen LogP contribution in [0.5, 0.6) is 0 Å². The molecule has 0 bridgehead atoms. The molecule has 0 fully saturated rings. The molecule has 5 rings (SSSR count). The molecule has 0 saturated heterocycles. The molecule has 4 aliphatic rings. The van der Waals surface area contributed by atoms with Gasteiger partial charge in [0.15, 0.2) is 23.7 Å². The lowest BCUT2D eigenvalue weighted by molar-refractivity contribution is 0.196. The van der Waals surface area contributed by atoms with Crippen molar-refractivity contribution in [3.05, 3.63) is 132 Å². The van der Waals surface area contributed by atoms with Gasteiger partial charge < -0.3 is 0 Å². The van der Waals surface area contributed by atoms with E-state index in [1.54, 1.807) is 6.92 Å². The van der Waals surface area contributed by atoms with E-state index in [0.29, 0.717) is 11.8 Å². The second-order valence-corrected chi connectivity index (χ2v) is 22.3. The SMILES string of the molecule is CC(C)C.CC1C=CC=CC1.CCC.CCC(C)C.CCCC.CCCC.CCCC1C(F)=C(F)C(F)=C(F)C1F.CCCC1C=CC(C(C)(C)C)=CC1.CCCC1C=CC=CC1.CCCCl.CCCc1ccccc1. The highest BCUT2D eigenvalue weighted by Gasteiger charge is 2.39. The third kappa shape index (κ3) is 57.3. The minimum absolute atomic E-state index is 0.0544. The lowest BCUT2D eigenvalue weighted by Crippen LogP contribution is -2.22. The second-order valence-electron chi connectivity index (χ2n) is 22.0. The van der Waals surface area contributed by atoms with E-state index >= 15 is 0 Å². The van der Waals surface area contributed by atoms with Gasteiger partial charge in [-0.15, -0.1) is 11.6 Å². The molecule has 446 valence electrons. The van der Waals surface area contributed by atoms with Crippen LogP contribution in [0.1, 0.15) is 260 Å². The average molecular weight is 1100 g/mol. The molecule has 0 N–H and O–H groups in total. The van der Waals surface area contributed by atoms with Crippen LogP contribution in [0.4, 0.5) is 22.0 Å². The molecule has 0 aromatic heterocycles. The average Bonchev–Trinajstić information content (AvgIpc) is 3.41. The van der Waals surface area contributed by atoms with Crippen LogP contribution >= 0.6 is 11.6 Å². The number of alkyl halides is 2. The van der Waals surface area contributed by atoms with Gasteiger partial charge in [0.2, 0.25) is 0 Å². The summed E-state index contributed by atoms with van der Waals surface area (Å²) in [6.45, 7) is 45.5. The molecule has 0 saturated carbocycles. The molecule has 0 amide bonds. The van der Waals surface area contributed by atoms with E-state index < -0.39 is 35.4 Å². The molecule has 0 heterocycles. The third-order valence-electron chi connectivity index (χ3n) is 11.2. The predicted molar refractivity (Wildman–Crippen MR) is 339 cm³/mol. The van der Waals surface area contributed by atoms with Gasteiger partial charge in [-0.3, -0.25) is 0 Å². The van der Waals surface area contributed by atoms with E-state index in [9.17, 15) is 22.0 Å². The maximum absolute atomic E-state index is 13.0. The van der Waals surface area contributed by atoms with E-state index in [1.807, 2.05) is 6.92 Å². The summed E-state index contributed by atoms with van der Waals surface area (Å²) in [5, 5.41) is 0. The van der Waals surface area contributed by atoms with Gasteiger partial charge in [-0.05, 0) is 97.5 Å². The van der Waals surface area contributed by atoms with Gasteiger partial charge in [0.25, 0.3) is 0 Å². The quantitative estimate of drug-likeness (QED) is 0.145. The molecule has 5 atom stereocenters. The third-order valence-corrected chi connectivity index (χ3v) is 11.5. The van der Waals surface area contributed by atoms with Crippen LogP contribution in [0.15, 0.2) is 126 Å². The van der Waals surface area contributed by atoms with Crippen molar-refractivity contribution < 1.29 is 22.0 Å². The van der Waals surface area contributed by atoms with Crippen molar-refractivity contribution in [2.75, 3.05) is 5.88 Å². The van der Waals surface area contributed by atoms with Crippen molar-refractivity contribution in [2.24, 2.45) is 40.9 Å². The first-order chi connectivity index (χ1) is 36.0. The first kappa shape index (κ1) is 84.4. The Morgan fingerprint density at radius 2 is 0.974 bits per heavy atom. The normalized spacial score (nSPS) is 18.4. The Morgan fingerprint density at radius 1 is 0.553 bits per heavy atom. The van der Waals surface area contributed by atoms with E-state index in [1.165, 1.54) is 107 Å². The Kier molecular flexibility index (Phi) is 68.1. The van der Waals surface area contributed by atoms with E-state index in [0.717, 1.165) is 41.9 Å². The standard InChI is InChI=1S/C13H22.C9H9F5.C9H14.C9H12.C7H10.C5H12.3C4H10.C3H7Cl.C3H8/c1-5-6-11-7-9-12(10-8-11)13(2,3)4;1-2-3-4-5(10)7(12)9(14)8(13)6(4)11;2*1-2-6-9-7-4-3-5-8-9;1-7-5-3-2-4-6-7;1-4-5(2)3;1-4(2)3;2*1-3-4-2;1-2-3-4;1-3-2/h7,9-11H,5-6,8H2,1-4H3;4-5H,2-3H2,1H3;3-5,7,9H,2,6,8H2,1H3;3-5,7-8H,2,6H2,1H3;2-5,7H,6H2,1H3;5H,4H2,1-3H3;4H,1-3H3;2*3-4H2,1-2H3;2-3H2,1H3;3H2,1-2H3. The van der Waals surface area contributed by atoms with Gasteiger partial charge in [0.05, 0.1) is 5.92 Å². The number of allylic oxidation sites excluding steroid dienone is 16. The van der Waals surface area contributed by atoms with Gasteiger partial charge >= 0.3 is 0 Å². The first-order valence-corrected chi connectivity index (χ1v) is 30.9. The maximum Gasteiger partial charge on any atom is 0.195 e. The summed E-state index contributed by atoms with van der Waals surface area (Å²) in [5.41, 5.74) is 3.27. The fourth-order valence-electron chi connectivity index (χ4n) is 6.04. The number of hydrogen-bond acceptors (Lipinski definition) is 0. The molecule has 1 aromatic carbocycles. The Hall–Kier alpha value is -2.92. The van der Waals surface area contributed by atoms with E-state index in [-0.39, 0.29) is 6.42 Å². The summed E-state index contributed by atoms with van der Waals surface area (Å²) in [5.74, 6) is -3.95. The molecule has 0 radical (unpaired) electrons. The smallest absolute Gasteiger partial charge is 0.195 e. The van der Waals surface area contributed by atoms with Crippen LogP contribution in [0.2, 0.25) is 0 Å². The van der Waals surface area contributed by atoms with Gasteiger partial charge in [0, 0.05) is 5.88 Å². The van der Waals surface area contributed by atoms with Gasteiger partial charge in [0.1, 0.15) is 5.83 Å².